The van der Waals surface area contributed by atoms with E-state index < -0.39 is 27.8 Å². The third-order valence-electron chi connectivity index (χ3n) is 6.38. The van der Waals surface area contributed by atoms with E-state index in [0.717, 1.165) is 5.56 Å². The van der Waals surface area contributed by atoms with Gasteiger partial charge in [-0.2, -0.15) is 4.31 Å². The lowest BCUT2D eigenvalue weighted by molar-refractivity contribution is 0.0933. The standard InChI is InChI=1S/C27H26FN5O5S2/c1-2-38-27(35)31-12-14-32(15-13-31)40(36,37)22-8-5-20(6-9-22)25(34)33(18-19-4-3-11-29-17-19)26-30-23-10-7-21(28)16-24(23)39-26/h3-11,16-17H,2,12-15,18H2,1H3. The molecule has 13 heteroatoms. The van der Waals surface area contributed by atoms with Crippen LogP contribution in [-0.4, -0.2) is 72.4 Å². The van der Waals surface area contributed by atoms with Crippen LogP contribution in [-0.2, 0) is 21.3 Å². The highest BCUT2D eigenvalue weighted by Crippen LogP contribution is 2.31. The number of amides is 2. The zero-order valence-electron chi connectivity index (χ0n) is 21.6. The molecule has 4 aromatic rings. The summed E-state index contributed by atoms with van der Waals surface area (Å²) in [4.78, 5) is 37.3. The van der Waals surface area contributed by atoms with E-state index in [4.69, 9.17) is 4.74 Å². The minimum atomic E-state index is -3.83. The number of thiazole rings is 1. The number of piperazine rings is 1. The Morgan fingerprint density at radius 3 is 2.50 bits per heavy atom. The number of nitrogens with zero attached hydrogens (tertiary/aromatic N) is 5. The van der Waals surface area contributed by atoms with Gasteiger partial charge in [0, 0.05) is 44.1 Å². The van der Waals surface area contributed by atoms with E-state index in [-0.39, 0.29) is 49.8 Å². The predicted molar refractivity (Wildman–Crippen MR) is 148 cm³/mol. The quantitative estimate of drug-likeness (QED) is 0.321. The number of pyridine rings is 1. The maximum absolute atomic E-state index is 13.8. The molecule has 208 valence electrons. The van der Waals surface area contributed by atoms with Gasteiger partial charge in [-0.15, -0.1) is 0 Å². The number of hydrogen-bond donors (Lipinski definition) is 0. The van der Waals surface area contributed by atoms with Crippen molar-refractivity contribution in [3.8, 4) is 0 Å². The first-order valence-corrected chi connectivity index (χ1v) is 14.8. The largest absolute Gasteiger partial charge is 0.450 e. The first kappa shape index (κ1) is 27.6. The number of sulfonamides is 1. The molecule has 0 aliphatic carbocycles. The van der Waals surface area contributed by atoms with Gasteiger partial charge < -0.3 is 9.64 Å². The van der Waals surface area contributed by atoms with E-state index in [0.29, 0.717) is 15.3 Å². The second kappa shape index (κ2) is 11.7. The lowest BCUT2D eigenvalue weighted by Crippen LogP contribution is -2.50. The summed E-state index contributed by atoms with van der Waals surface area (Å²) in [5.74, 6) is -0.790. The Balaban J connectivity index is 1.37. The SMILES string of the molecule is CCOC(=O)N1CCN(S(=O)(=O)c2ccc(C(=O)N(Cc3cccnc3)c3nc4ccc(F)cc4s3)cc2)CC1. The highest BCUT2D eigenvalue weighted by Gasteiger charge is 2.31. The van der Waals surface area contributed by atoms with Crippen LogP contribution in [0.3, 0.4) is 0 Å². The van der Waals surface area contributed by atoms with E-state index in [9.17, 15) is 22.4 Å². The Morgan fingerprint density at radius 1 is 1.07 bits per heavy atom. The fourth-order valence-electron chi connectivity index (χ4n) is 4.30. The number of halogens is 1. The smallest absolute Gasteiger partial charge is 0.409 e. The van der Waals surface area contributed by atoms with Crippen LogP contribution in [0, 0.1) is 5.82 Å². The average molecular weight is 584 g/mol. The Labute approximate surface area is 234 Å². The van der Waals surface area contributed by atoms with Crippen molar-refractivity contribution in [2.45, 2.75) is 18.4 Å². The first-order valence-electron chi connectivity index (χ1n) is 12.5. The Kier molecular flexibility index (Phi) is 8.05. The molecule has 1 aliphatic heterocycles. The van der Waals surface area contributed by atoms with Gasteiger partial charge >= 0.3 is 6.09 Å². The molecule has 0 spiro atoms. The maximum Gasteiger partial charge on any atom is 0.409 e. The molecule has 2 aromatic heterocycles. The third-order valence-corrected chi connectivity index (χ3v) is 9.34. The molecule has 1 fully saturated rings. The van der Waals surface area contributed by atoms with E-state index in [2.05, 4.69) is 9.97 Å². The molecule has 40 heavy (non-hydrogen) atoms. The van der Waals surface area contributed by atoms with Crippen molar-refractivity contribution in [2.75, 3.05) is 37.7 Å². The number of aromatic nitrogens is 2. The molecule has 0 atom stereocenters. The van der Waals surface area contributed by atoms with Crippen molar-refractivity contribution in [2.24, 2.45) is 0 Å². The van der Waals surface area contributed by atoms with Crippen LogP contribution in [0.4, 0.5) is 14.3 Å². The van der Waals surface area contributed by atoms with E-state index in [1.807, 2.05) is 6.07 Å². The van der Waals surface area contributed by atoms with Crippen LogP contribution in [0.25, 0.3) is 10.2 Å². The lowest BCUT2D eigenvalue weighted by atomic mass is 10.2. The van der Waals surface area contributed by atoms with Gasteiger partial charge in [0.2, 0.25) is 10.0 Å². The topological polar surface area (TPSA) is 113 Å². The van der Waals surface area contributed by atoms with Gasteiger partial charge in [-0.3, -0.25) is 14.7 Å². The molecule has 0 unspecified atom stereocenters. The van der Waals surface area contributed by atoms with Gasteiger partial charge in [0.15, 0.2) is 5.13 Å². The van der Waals surface area contributed by atoms with Crippen LogP contribution >= 0.6 is 11.3 Å². The number of fused-ring (bicyclic) bond motifs is 1. The van der Waals surface area contributed by atoms with Gasteiger partial charge in [0.1, 0.15) is 5.82 Å². The van der Waals surface area contributed by atoms with Gasteiger partial charge in [0.25, 0.3) is 5.91 Å². The van der Waals surface area contributed by atoms with Crippen molar-refractivity contribution >= 4 is 48.7 Å². The zero-order valence-corrected chi connectivity index (χ0v) is 23.2. The first-order chi connectivity index (χ1) is 19.3. The fraction of sp³-hybridized carbons (Fsp3) is 0.259. The number of carbonyl (C=O) groups is 2. The number of rotatable bonds is 7. The second-order valence-corrected chi connectivity index (χ2v) is 11.9. The number of anilines is 1. The minimum Gasteiger partial charge on any atom is -0.450 e. The van der Waals surface area contributed by atoms with Crippen molar-refractivity contribution in [1.29, 1.82) is 0 Å². The van der Waals surface area contributed by atoms with Crippen LogP contribution in [0.15, 0.2) is 71.9 Å². The molecule has 0 bridgehead atoms. The molecule has 2 amide bonds. The number of carbonyl (C=O) groups excluding carboxylic acids is 2. The summed E-state index contributed by atoms with van der Waals surface area (Å²) in [5.41, 5.74) is 1.60. The molecule has 10 nitrogen and oxygen atoms in total. The normalized spacial score (nSPS) is 14.3. The highest BCUT2D eigenvalue weighted by molar-refractivity contribution is 7.89. The molecule has 0 saturated carbocycles. The summed E-state index contributed by atoms with van der Waals surface area (Å²) in [5, 5.41) is 0.380. The number of benzene rings is 2. The van der Waals surface area contributed by atoms with Crippen molar-refractivity contribution in [1.82, 2.24) is 19.2 Å². The Bertz CT molecular complexity index is 1620. The summed E-state index contributed by atoms with van der Waals surface area (Å²) in [6, 6.07) is 13.6. The Morgan fingerprint density at radius 2 is 1.82 bits per heavy atom. The molecule has 0 radical (unpaired) electrons. The maximum atomic E-state index is 13.8. The lowest BCUT2D eigenvalue weighted by Gasteiger charge is -2.33. The number of hydrogen-bond acceptors (Lipinski definition) is 8. The molecule has 3 heterocycles. The van der Waals surface area contributed by atoms with E-state index in [1.54, 1.807) is 31.5 Å². The molecule has 2 aromatic carbocycles. The highest BCUT2D eigenvalue weighted by atomic mass is 32.2. The molecule has 0 N–H and O–H groups in total. The summed E-state index contributed by atoms with van der Waals surface area (Å²) < 4.78 is 47.2. The average Bonchev–Trinajstić information content (AvgIpc) is 3.39. The monoisotopic (exact) mass is 583 g/mol. The van der Waals surface area contributed by atoms with Crippen molar-refractivity contribution < 1.29 is 27.1 Å². The number of ether oxygens (including phenoxy) is 1. The fourth-order valence-corrected chi connectivity index (χ4v) is 6.71. The summed E-state index contributed by atoms with van der Waals surface area (Å²) in [6.07, 6.45) is 2.81. The minimum absolute atomic E-state index is 0.0444. The zero-order chi connectivity index (χ0) is 28.3. The van der Waals surface area contributed by atoms with Crippen molar-refractivity contribution in [3.05, 3.63) is 83.9 Å². The Hall–Kier alpha value is -3.94. The van der Waals surface area contributed by atoms with Crippen LogP contribution in [0.5, 0.6) is 0 Å². The van der Waals surface area contributed by atoms with Gasteiger partial charge in [-0.05, 0) is 61.0 Å². The van der Waals surface area contributed by atoms with Crippen LogP contribution in [0.1, 0.15) is 22.8 Å². The van der Waals surface area contributed by atoms with Crippen LogP contribution in [0.2, 0.25) is 0 Å². The molecule has 1 saturated heterocycles. The van der Waals surface area contributed by atoms with Crippen molar-refractivity contribution in [3.63, 3.8) is 0 Å². The van der Waals surface area contributed by atoms with E-state index >= 15 is 0 Å². The second-order valence-electron chi connectivity index (χ2n) is 8.98. The third kappa shape index (κ3) is 5.81. The van der Waals surface area contributed by atoms with Gasteiger partial charge in [-0.25, -0.2) is 22.6 Å². The predicted octanol–water partition coefficient (Wildman–Crippen LogP) is 4.14. The molecule has 5 rings (SSSR count). The molecule has 1 aliphatic rings. The summed E-state index contributed by atoms with van der Waals surface area (Å²) in [7, 11) is -3.83. The van der Waals surface area contributed by atoms with Gasteiger partial charge in [0.05, 0.1) is 28.3 Å². The summed E-state index contributed by atoms with van der Waals surface area (Å²) in [6.45, 7) is 2.86. The molecular weight excluding hydrogens is 557 g/mol. The molecular formula is C27H26FN5O5S2. The van der Waals surface area contributed by atoms with E-state index in [1.165, 1.54) is 61.8 Å². The van der Waals surface area contributed by atoms with Gasteiger partial charge in [-0.1, -0.05) is 17.4 Å². The van der Waals surface area contributed by atoms with Crippen LogP contribution < -0.4 is 4.90 Å². The summed E-state index contributed by atoms with van der Waals surface area (Å²) >= 11 is 1.19.